The number of nitrogens with zero attached hydrogens (tertiary/aromatic N) is 3. The number of piperazine rings is 1. The minimum Gasteiger partial charge on any atom is -0.449 e. The van der Waals surface area contributed by atoms with Crippen LogP contribution in [0.3, 0.4) is 0 Å². The van der Waals surface area contributed by atoms with Gasteiger partial charge in [-0.25, -0.2) is 4.79 Å². The summed E-state index contributed by atoms with van der Waals surface area (Å²) in [5.41, 5.74) is 3.48. The molecule has 29 heavy (non-hydrogen) atoms. The molecule has 6 nitrogen and oxygen atoms in total. The van der Waals surface area contributed by atoms with Crippen LogP contribution < -0.4 is 4.90 Å². The van der Waals surface area contributed by atoms with Crippen LogP contribution in [0.25, 0.3) is 22.2 Å². The molecule has 3 heterocycles. The number of rotatable bonds is 5. The van der Waals surface area contributed by atoms with Crippen molar-refractivity contribution in [1.29, 1.82) is 0 Å². The highest BCUT2D eigenvalue weighted by Gasteiger charge is 2.30. The Balaban J connectivity index is 1.54. The average molecular weight is 434 g/mol. The van der Waals surface area contributed by atoms with Crippen LogP contribution in [0.15, 0.2) is 33.4 Å². The summed E-state index contributed by atoms with van der Waals surface area (Å²) < 4.78 is 11.5. The van der Waals surface area contributed by atoms with Crippen LogP contribution in [-0.4, -0.2) is 48.3 Å². The zero-order chi connectivity index (χ0) is 20.4. The molecule has 1 aromatic carbocycles. The van der Waals surface area contributed by atoms with Gasteiger partial charge in [-0.3, -0.25) is 0 Å². The van der Waals surface area contributed by atoms with Gasteiger partial charge in [0.25, 0.3) is 6.01 Å². The van der Waals surface area contributed by atoms with Crippen molar-refractivity contribution in [3.05, 3.63) is 34.0 Å². The normalized spacial score (nSPS) is 17.1. The first-order valence-electron chi connectivity index (χ1n) is 9.87. The number of thiophene rings is 1. The second-order valence-electron chi connectivity index (χ2n) is 7.27. The van der Waals surface area contributed by atoms with Crippen LogP contribution in [0.4, 0.5) is 10.8 Å². The minimum absolute atomic E-state index is 0.0654. The van der Waals surface area contributed by atoms with Gasteiger partial charge < -0.3 is 19.0 Å². The van der Waals surface area contributed by atoms with Crippen LogP contribution in [0.5, 0.6) is 0 Å². The Hall–Kier alpha value is -2.25. The number of aromatic nitrogens is 1. The molecule has 1 amide bonds. The summed E-state index contributed by atoms with van der Waals surface area (Å²) in [6, 6.07) is 6.41. The number of fused-ring (bicyclic) bond motifs is 1. The van der Waals surface area contributed by atoms with E-state index in [9.17, 15) is 4.79 Å². The van der Waals surface area contributed by atoms with Gasteiger partial charge in [-0.15, -0.1) is 0 Å². The first kappa shape index (κ1) is 20.0. The van der Waals surface area contributed by atoms with Crippen molar-refractivity contribution in [2.24, 2.45) is 0 Å². The Morgan fingerprint density at radius 1 is 1.41 bits per heavy atom. The Morgan fingerprint density at radius 2 is 2.28 bits per heavy atom. The predicted octanol–water partition coefficient (Wildman–Crippen LogP) is 5.66. The summed E-state index contributed by atoms with van der Waals surface area (Å²) in [5, 5.41) is 4.73. The molecule has 0 spiro atoms. The van der Waals surface area contributed by atoms with E-state index in [2.05, 4.69) is 24.1 Å². The van der Waals surface area contributed by atoms with E-state index in [0.717, 1.165) is 35.1 Å². The van der Waals surface area contributed by atoms with Crippen LogP contribution in [0.1, 0.15) is 26.7 Å². The van der Waals surface area contributed by atoms with E-state index >= 15 is 0 Å². The summed E-state index contributed by atoms with van der Waals surface area (Å²) in [6.07, 6.45) is 1.65. The minimum atomic E-state index is -0.242. The number of anilines is 1. The van der Waals surface area contributed by atoms with Gasteiger partial charge in [0, 0.05) is 36.3 Å². The molecule has 154 valence electrons. The molecule has 1 aliphatic heterocycles. The number of hydrogen-bond acceptors (Lipinski definition) is 6. The Bertz CT molecular complexity index is 989. The van der Waals surface area contributed by atoms with Gasteiger partial charge in [0.05, 0.1) is 6.61 Å². The zero-order valence-corrected chi connectivity index (χ0v) is 18.1. The maximum absolute atomic E-state index is 12.2. The van der Waals surface area contributed by atoms with E-state index in [4.69, 9.17) is 25.7 Å². The second-order valence-corrected chi connectivity index (χ2v) is 8.48. The molecule has 0 aliphatic carbocycles. The van der Waals surface area contributed by atoms with Gasteiger partial charge >= 0.3 is 6.09 Å². The van der Waals surface area contributed by atoms with Gasteiger partial charge in [0.2, 0.25) is 0 Å². The van der Waals surface area contributed by atoms with Gasteiger partial charge in [0.1, 0.15) is 5.52 Å². The quantitative estimate of drug-likeness (QED) is 0.486. The van der Waals surface area contributed by atoms with Crippen molar-refractivity contribution in [3.63, 3.8) is 0 Å². The largest absolute Gasteiger partial charge is 0.449 e. The molecule has 2 aromatic heterocycles. The number of unbranched alkanes of at least 4 members (excludes halogenated alkanes) is 1. The van der Waals surface area contributed by atoms with Gasteiger partial charge in [0.15, 0.2) is 5.58 Å². The highest BCUT2D eigenvalue weighted by atomic mass is 35.5. The number of carbonyl (C=O) groups is 1. The van der Waals surface area contributed by atoms with Crippen LogP contribution in [0.2, 0.25) is 5.02 Å². The third-order valence-electron chi connectivity index (χ3n) is 5.13. The summed E-state index contributed by atoms with van der Waals surface area (Å²) in [4.78, 5) is 20.8. The molecule has 0 radical (unpaired) electrons. The first-order valence-corrected chi connectivity index (χ1v) is 11.2. The van der Waals surface area contributed by atoms with Crippen molar-refractivity contribution in [3.8, 4) is 11.1 Å². The standard InChI is InChI=1S/C21H24ClN3O3S/c1-3-4-8-27-21(26)24-6-7-25(14(2)12-24)20-23-18-11-16(22)10-17(19(18)28-20)15-5-9-29-13-15/h5,9-11,13-14H,3-4,6-8,12H2,1-2H3. The van der Waals surface area contributed by atoms with E-state index in [1.165, 1.54) is 0 Å². The van der Waals surface area contributed by atoms with Crippen molar-refractivity contribution < 1.29 is 13.9 Å². The molecule has 8 heteroatoms. The van der Waals surface area contributed by atoms with Crippen molar-refractivity contribution in [2.75, 3.05) is 31.1 Å². The first-order chi connectivity index (χ1) is 14.1. The van der Waals surface area contributed by atoms with Crippen LogP contribution in [0, 0.1) is 0 Å². The lowest BCUT2D eigenvalue weighted by Crippen LogP contribution is -2.54. The maximum Gasteiger partial charge on any atom is 0.409 e. The number of oxazole rings is 1. The fourth-order valence-electron chi connectivity index (χ4n) is 3.54. The summed E-state index contributed by atoms with van der Waals surface area (Å²) in [6.45, 7) is 6.40. The third-order valence-corrected chi connectivity index (χ3v) is 6.03. The molecule has 0 saturated carbocycles. The lowest BCUT2D eigenvalue weighted by Gasteiger charge is -2.38. The summed E-state index contributed by atoms with van der Waals surface area (Å²) in [7, 11) is 0. The molecule has 1 atom stereocenters. The second kappa shape index (κ2) is 8.63. The van der Waals surface area contributed by atoms with E-state index in [-0.39, 0.29) is 12.1 Å². The van der Waals surface area contributed by atoms with Crippen molar-refractivity contribution in [2.45, 2.75) is 32.7 Å². The van der Waals surface area contributed by atoms with E-state index in [1.54, 1.807) is 16.2 Å². The van der Waals surface area contributed by atoms with Crippen molar-refractivity contribution in [1.82, 2.24) is 9.88 Å². The summed E-state index contributed by atoms with van der Waals surface area (Å²) in [5.74, 6) is 0. The highest BCUT2D eigenvalue weighted by Crippen LogP contribution is 2.36. The number of carbonyl (C=O) groups excluding carboxylic acids is 1. The fraction of sp³-hybridized carbons (Fsp3) is 0.429. The van der Waals surface area contributed by atoms with Crippen molar-refractivity contribution >= 4 is 46.1 Å². The number of halogens is 1. The smallest absolute Gasteiger partial charge is 0.409 e. The lowest BCUT2D eigenvalue weighted by molar-refractivity contribution is 0.0939. The molecular weight excluding hydrogens is 410 g/mol. The Labute approximate surface area is 179 Å². The fourth-order valence-corrected chi connectivity index (χ4v) is 4.41. The SMILES string of the molecule is CCCCOC(=O)N1CCN(c2nc3cc(Cl)cc(-c4ccsc4)c3o2)C(C)C1. The Morgan fingerprint density at radius 3 is 3.00 bits per heavy atom. The molecule has 0 bridgehead atoms. The van der Waals surface area contributed by atoms with Gasteiger partial charge in [-0.1, -0.05) is 24.9 Å². The molecule has 1 fully saturated rings. The number of amides is 1. The average Bonchev–Trinajstić information content (AvgIpc) is 3.37. The number of benzene rings is 1. The third kappa shape index (κ3) is 4.21. The highest BCUT2D eigenvalue weighted by molar-refractivity contribution is 7.08. The van der Waals surface area contributed by atoms with Gasteiger partial charge in [-0.2, -0.15) is 16.3 Å². The van der Waals surface area contributed by atoms with Crippen LogP contribution >= 0.6 is 22.9 Å². The van der Waals surface area contributed by atoms with E-state index in [0.29, 0.717) is 37.3 Å². The summed E-state index contributed by atoms with van der Waals surface area (Å²) >= 11 is 7.95. The molecule has 1 saturated heterocycles. The lowest BCUT2D eigenvalue weighted by atomic mass is 10.1. The van der Waals surface area contributed by atoms with E-state index < -0.39 is 0 Å². The monoisotopic (exact) mass is 433 g/mol. The number of hydrogen-bond donors (Lipinski definition) is 0. The molecule has 1 unspecified atom stereocenters. The van der Waals surface area contributed by atoms with E-state index in [1.807, 2.05) is 23.6 Å². The van der Waals surface area contributed by atoms with Crippen LogP contribution in [-0.2, 0) is 4.74 Å². The zero-order valence-electron chi connectivity index (χ0n) is 16.6. The molecule has 0 N–H and O–H groups in total. The molecule has 4 rings (SSSR count). The topological polar surface area (TPSA) is 58.8 Å². The molecule has 1 aliphatic rings. The number of ether oxygens (including phenoxy) is 1. The molecule has 3 aromatic rings. The predicted molar refractivity (Wildman–Crippen MR) is 117 cm³/mol. The van der Waals surface area contributed by atoms with Gasteiger partial charge in [-0.05, 0) is 47.9 Å². The molecular formula is C21H24ClN3O3S. The Kier molecular flexibility index (Phi) is 5.96. The maximum atomic E-state index is 12.2.